The summed E-state index contributed by atoms with van der Waals surface area (Å²) in [5.41, 5.74) is 3.69. The van der Waals surface area contributed by atoms with Crippen molar-refractivity contribution in [2.45, 2.75) is 19.9 Å². The van der Waals surface area contributed by atoms with Gasteiger partial charge in [-0.1, -0.05) is 24.3 Å². The molecule has 6 heteroatoms. The fourth-order valence-corrected chi connectivity index (χ4v) is 3.85. The zero-order valence-electron chi connectivity index (χ0n) is 15.0. The second-order valence-corrected chi connectivity index (χ2v) is 6.78. The van der Waals surface area contributed by atoms with Crippen molar-refractivity contribution >= 4 is 34.6 Å². The summed E-state index contributed by atoms with van der Waals surface area (Å²) in [4.78, 5) is 30.8. The van der Waals surface area contributed by atoms with E-state index in [9.17, 15) is 9.59 Å². The van der Waals surface area contributed by atoms with Crippen LogP contribution < -0.4 is 20.0 Å². The maximum Gasteiger partial charge on any atom is 0.246 e. The number of hydrogen-bond acceptors (Lipinski definition) is 4. The van der Waals surface area contributed by atoms with Gasteiger partial charge in [0.2, 0.25) is 11.8 Å². The zero-order valence-corrected chi connectivity index (χ0v) is 15.0. The first kappa shape index (κ1) is 16.4. The molecule has 0 saturated carbocycles. The van der Waals surface area contributed by atoms with Crippen LogP contribution in [0, 0.1) is 0 Å². The molecular weight excluding hydrogens is 328 g/mol. The molecule has 0 unspecified atom stereocenters. The Bertz CT molecular complexity index is 866. The van der Waals surface area contributed by atoms with Crippen LogP contribution in [-0.2, 0) is 9.59 Å². The van der Waals surface area contributed by atoms with Gasteiger partial charge in [-0.15, -0.1) is 0 Å². The number of nitrogens with one attached hydrogen (secondary N) is 1. The van der Waals surface area contributed by atoms with Crippen LogP contribution >= 0.6 is 0 Å². The summed E-state index contributed by atoms with van der Waals surface area (Å²) in [6, 6.07) is 15.6. The van der Waals surface area contributed by atoms with E-state index in [1.54, 1.807) is 16.7 Å². The summed E-state index contributed by atoms with van der Waals surface area (Å²) in [7, 11) is 0. The Morgan fingerprint density at radius 2 is 1.69 bits per heavy atom. The molecule has 0 spiro atoms. The van der Waals surface area contributed by atoms with Crippen LogP contribution in [0.15, 0.2) is 48.5 Å². The minimum absolute atomic E-state index is 0.00489. The highest BCUT2D eigenvalue weighted by atomic mass is 16.2. The fraction of sp³-hybridized carbons (Fsp3) is 0.300. The minimum atomic E-state index is -0.0599. The number of anilines is 4. The molecule has 0 bridgehead atoms. The number of para-hydroxylation sites is 4. The lowest BCUT2D eigenvalue weighted by atomic mass is 10.1. The quantitative estimate of drug-likeness (QED) is 0.905. The molecule has 0 aromatic heterocycles. The standard InChI is InChI=1S/C20H22N4O2/c1-14-11-23(18-9-5-6-10-19(18)24(14)15(2)25)20(26)12-22-13-21-16-7-3-4-8-17(16)22/h3-10,14,21H,11-13H2,1-2H3/t14-/m0/s1. The average molecular weight is 350 g/mol. The van der Waals surface area contributed by atoms with Crippen LogP contribution in [0.2, 0.25) is 0 Å². The van der Waals surface area contributed by atoms with E-state index in [0.29, 0.717) is 19.8 Å². The molecule has 1 N–H and O–H groups in total. The smallest absolute Gasteiger partial charge is 0.246 e. The Balaban J connectivity index is 1.61. The van der Waals surface area contributed by atoms with Gasteiger partial charge in [0, 0.05) is 13.5 Å². The molecule has 2 amide bonds. The van der Waals surface area contributed by atoms with E-state index in [1.807, 2.05) is 60.4 Å². The average Bonchev–Trinajstić information content (AvgIpc) is 3.03. The van der Waals surface area contributed by atoms with Crippen LogP contribution in [0.1, 0.15) is 13.8 Å². The number of benzene rings is 2. The molecule has 4 rings (SSSR count). The molecule has 1 atom stereocenters. The molecular formula is C20H22N4O2. The molecule has 2 aliphatic rings. The predicted molar refractivity (Wildman–Crippen MR) is 104 cm³/mol. The maximum absolute atomic E-state index is 13.1. The molecule has 2 aromatic carbocycles. The zero-order chi connectivity index (χ0) is 18.3. The Morgan fingerprint density at radius 1 is 1.04 bits per heavy atom. The lowest BCUT2D eigenvalue weighted by molar-refractivity contribution is -0.119. The van der Waals surface area contributed by atoms with E-state index < -0.39 is 0 Å². The first-order chi connectivity index (χ1) is 12.6. The Morgan fingerprint density at radius 3 is 2.42 bits per heavy atom. The minimum Gasteiger partial charge on any atom is -0.366 e. The third-order valence-corrected chi connectivity index (χ3v) is 4.99. The van der Waals surface area contributed by atoms with Gasteiger partial charge in [-0.05, 0) is 31.2 Å². The molecule has 0 aliphatic carbocycles. The topological polar surface area (TPSA) is 55.9 Å². The first-order valence-corrected chi connectivity index (χ1v) is 8.83. The lowest BCUT2D eigenvalue weighted by Gasteiger charge is -2.41. The van der Waals surface area contributed by atoms with Crippen molar-refractivity contribution in [3.63, 3.8) is 0 Å². The van der Waals surface area contributed by atoms with Crippen molar-refractivity contribution in [3.05, 3.63) is 48.5 Å². The van der Waals surface area contributed by atoms with Crippen LogP contribution in [0.5, 0.6) is 0 Å². The van der Waals surface area contributed by atoms with Gasteiger partial charge < -0.3 is 20.0 Å². The van der Waals surface area contributed by atoms with Gasteiger partial charge in [-0.2, -0.15) is 0 Å². The lowest BCUT2D eigenvalue weighted by Crippen LogP contribution is -2.53. The van der Waals surface area contributed by atoms with Crippen LogP contribution in [0.4, 0.5) is 22.7 Å². The Kier molecular flexibility index (Phi) is 4.03. The van der Waals surface area contributed by atoms with Crippen LogP contribution in [-0.4, -0.2) is 37.6 Å². The predicted octanol–water partition coefficient (Wildman–Crippen LogP) is 2.66. The normalized spacial score (nSPS) is 18.2. The van der Waals surface area contributed by atoms with Crippen molar-refractivity contribution in [3.8, 4) is 0 Å². The first-order valence-electron chi connectivity index (χ1n) is 8.83. The number of hydrogen-bond donors (Lipinski definition) is 1. The summed E-state index contributed by atoms with van der Waals surface area (Å²) in [6.45, 7) is 4.96. The fourth-order valence-electron chi connectivity index (χ4n) is 3.85. The summed E-state index contributed by atoms with van der Waals surface area (Å²) >= 11 is 0. The number of carbonyl (C=O) groups excluding carboxylic acids is 2. The number of nitrogens with zero attached hydrogens (tertiary/aromatic N) is 3. The van der Waals surface area contributed by atoms with Crippen molar-refractivity contribution in [2.75, 3.05) is 39.8 Å². The Hall–Kier alpha value is -3.02. The molecule has 0 radical (unpaired) electrons. The largest absolute Gasteiger partial charge is 0.366 e. The Labute approximate surface area is 153 Å². The monoisotopic (exact) mass is 350 g/mol. The summed E-state index contributed by atoms with van der Waals surface area (Å²) < 4.78 is 0. The van der Waals surface area contributed by atoms with E-state index >= 15 is 0 Å². The molecule has 2 heterocycles. The molecule has 0 saturated heterocycles. The van der Waals surface area contributed by atoms with E-state index in [2.05, 4.69) is 5.32 Å². The SMILES string of the molecule is CC(=O)N1c2ccccc2N(C(=O)CN2CNc3ccccc32)C[C@@H]1C. The summed E-state index contributed by atoms with van der Waals surface area (Å²) in [5.74, 6) is 0.0284. The van der Waals surface area contributed by atoms with Crippen LogP contribution in [0.25, 0.3) is 0 Å². The van der Waals surface area contributed by atoms with Gasteiger partial charge in [0.1, 0.15) is 0 Å². The van der Waals surface area contributed by atoms with Crippen molar-refractivity contribution in [2.24, 2.45) is 0 Å². The van der Waals surface area contributed by atoms with Gasteiger partial charge in [0.25, 0.3) is 0 Å². The van der Waals surface area contributed by atoms with Gasteiger partial charge in [0.15, 0.2) is 0 Å². The van der Waals surface area contributed by atoms with Crippen LogP contribution in [0.3, 0.4) is 0 Å². The van der Waals surface area contributed by atoms with Gasteiger partial charge in [-0.25, -0.2) is 0 Å². The highest BCUT2D eigenvalue weighted by Gasteiger charge is 2.34. The molecule has 6 nitrogen and oxygen atoms in total. The third kappa shape index (κ3) is 2.67. The van der Waals surface area contributed by atoms with E-state index in [1.165, 1.54) is 0 Å². The van der Waals surface area contributed by atoms with Gasteiger partial charge in [-0.3, -0.25) is 9.59 Å². The summed E-state index contributed by atoms with van der Waals surface area (Å²) in [6.07, 6.45) is 0. The molecule has 134 valence electrons. The summed E-state index contributed by atoms with van der Waals surface area (Å²) in [5, 5.41) is 3.31. The second kappa shape index (κ2) is 6.37. The second-order valence-electron chi connectivity index (χ2n) is 6.78. The van der Waals surface area contributed by atoms with Gasteiger partial charge in [0.05, 0.1) is 42.0 Å². The number of carbonyl (C=O) groups is 2. The molecule has 2 aliphatic heterocycles. The number of fused-ring (bicyclic) bond motifs is 2. The number of rotatable bonds is 2. The third-order valence-electron chi connectivity index (χ3n) is 4.99. The van der Waals surface area contributed by atoms with Crippen molar-refractivity contribution in [1.82, 2.24) is 0 Å². The van der Waals surface area contributed by atoms with E-state index in [4.69, 9.17) is 0 Å². The highest BCUT2D eigenvalue weighted by Crippen LogP contribution is 2.36. The van der Waals surface area contributed by atoms with Gasteiger partial charge >= 0.3 is 0 Å². The van der Waals surface area contributed by atoms with Crippen molar-refractivity contribution in [1.29, 1.82) is 0 Å². The van der Waals surface area contributed by atoms with E-state index in [0.717, 1.165) is 22.7 Å². The molecule has 0 fully saturated rings. The van der Waals surface area contributed by atoms with Crippen molar-refractivity contribution < 1.29 is 9.59 Å². The maximum atomic E-state index is 13.1. The highest BCUT2D eigenvalue weighted by molar-refractivity contribution is 6.05. The molecule has 2 aromatic rings. The molecule has 26 heavy (non-hydrogen) atoms. The number of amides is 2. The van der Waals surface area contributed by atoms with E-state index in [-0.39, 0.29) is 17.9 Å².